The summed E-state index contributed by atoms with van der Waals surface area (Å²) in [6.07, 6.45) is -0.516. The highest BCUT2D eigenvalue weighted by atomic mass is 16.6. The Kier molecular flexibility index (Phi) is 6.36. The van der Waals surface area contributed by atoms with Gasteiger partial charge in [-0.2, -0.15) is 5.10 Å². The fraction of sp³-hybridized carbons (Fsp3) is 0.294. The van der Waals surface area contributed by atoms with E-state index in [9.17, 15) is 24.5 Å². The first-order valence-electron chi connectivity index (χ1n) is 8.16. The molecule has 2 aromatic rings. The summed E-state index contributed by atoms with van der Waals surface area (Å²) >= 11 is 0. The molecule has 1 heterocycles. The molecule has 0 aliphatic carbocycles. The molecule has 142 valence electrons. The summed E-state index contributed by atoms with van der Waals surface area (Å²) in [5.74, 6) is -1.52. The van der Waals surface area contributed by atoms with Gasteiger partial charge in [0.25, 0.3) is 17.2 Å². The molecule has 0 saturated carbocycles. The van der Waals surface area contributed by atoms with Gasteiger partial charge in [-0.15, -0.1) is 0 Å². The van der Waals surface area contributed by atoms with Gasteiger partial charge >= 0.3 is 5.97 Å². The number of benzene rings is 1. The highest BCUT2D eigenvalue weighted by Crippen LogP contribution is 2.17. The van der Waals surface area contributed by atoms with E-state index < -0.39 is 22.9 Å². The summed E-state index contributed by atoms with van der Waals surface area (Å²) in [6.45, 7) is 3.56. The largest absolute Gasteiger partial charge is 0.448 e. The second kappa shape index (κ2) is 8.70. The maximum Gasteiger partial charge on any atom is 0.359 e. The Bertz CT molecular complexity index is 924. The zero-order valence-corrected chi connectivity index (χ0v) is 14.7. The summed E-state index contributed by atoms with van der Waals surface area (Å²) in [5.41, 5.74) is -0.422. The van der Waals surface area contributed by atoms with Crippen LogP contribution in [0.4, 0.5) is 11.4 Å². The van der Waals surface area contributed by atoms with Crippen molar-refractivity contribution in [3.8, 4) is 0 Å². The number of ether oxygens (including phenoxy) is 1. The van der Waals surface area contributed by atoms with E-state index in [2.05, 4.69) is 10.4 Å². The molecule has 27 heavy (non-hydrogen) atoms. The van der Waals surface area contributed by atoms with Crippen LogP contribution in [-0.2, 0) is 16.1 Å². The Morgan fingerprint density at radius 2 is 2.07 bits per heavy atom. The fourth-order valence-electron chi connectivity index (χ4n) is 2.15. The monoisotopic (exact) mass is 374 g/mol. The molecule has 1 aromatic carbocycles. The lowest BCUT2D eigenvalue weighted by molar-refractivity contribution is -0.384. The van der Waals surface area contributed by atoms with E-state index in [4.69, 9.17) is 4.74 Å². The van der Waals surface area contributed by atoms with E-state index in [1.807, 2.05) is 6.92 Å². The Morgan fingerprint density at radius 1 is 1.33 bits per heavy atom. The SMILES string of the molecule is CCCn1nc(C(=O)OC(C)C(=O)Nc2cccc([N+](=O)[O-])c2)ccc1=O. The number of hydrogen-bond donors (Lipinski definition) is 1. The van der Waals surface area contributed by atoms with Crippen molar-refractivity contribution in [1.82, 2.24) is 9.78 Å². The smallest absolute Gasteiger partial charge is 0.359 e. The molecule has 2 rings (SSSR count). The molecule has 0 radical (unpaired) electrons. The van der Waals surface area contributed by atoms with Crippen molar-refractivity contribution in [3.63, 3.8) is 0 Å². The van der Waals surface area contributed by atoms with Gasteiger partial charge in [-0.25, -0.2) is 9.48 Å². The predicted molar refractivity (Wildman–Crippen MR) is 95.4 cm³/mol. The summed E-state index contributed by atoms with van der Waals surface area (Å²) in [7, 11) is 0. The third kappa shape index (κ3) is 5.21. The normalized spacial score (nSPS) is 11.5. The van der Waals surface area contributed by atoms with E-state index in [0.717, 1.165) is 4.68 Å². The number of anilines is 1. The minimum Gasteiger partial charge on any atom is -0.448 e. The number of hydrogen-bond acceptors (Lipinski definition) is 7. The molecule has 0 fully saturated rings. The second-order valence-electron chi connectivity index (χ2n) is 5.62. The van der Waals surface area contributed by atoms with Crippen molar-refractivity contribution in [1.29, 1.82) is 0 Å². The highest BCUT2D eigenvalue weighted by Gasteiger charge is 2.21. The van der Waals surface area contributed by atoms with E-state index in [0.29, 0.717) is 13.0 Å². The van der Waals surface area contributed by atoms with Crippen LogP contribution in [0.25, 0.3) is 0 Å². The minimum absolute atomic E-state index is 0.0990. The van der Waals surface area contributed by atoms with Gasteiger partial charge in [-0.1, -0.05) is 13.0 Å². The number of nitrogens with zero attached hydrogens (tertiary/aromatic N) is 3. The Hall–Kier alpha value is -3.56. The third-order valence-electron chi connectivity index (χ3n) is 3.49. The standard InChI is InChI=1S/C17H18N4O6/c1-3-9-20-15(22)8-7-14(19-20)17(24)27-11(2)16(23)18-12-5-4-6-13(10-12)21(25)26/h4-8,10-11H,3,9H2,1-2H3,(H,18,23). The topological polar surface area (TPSA) is 133 Å². The molecule has 10 nitrogen and oxygen atoms in total. The Balaban J connectivity index is 2.04. The zero-order chi connectivity index (χ0) is 20.0. The quantitative estimate of drug-likeness (QED) is 0.443. The van der Waals surface area contributed by atoms with Crippen LogP contribution >= 0.6 is 0 Å². The van der Waals surface area contributed by atoms with Gasteiger partial charge < -0.3 is 10.1 Å². The predicted octanol–water partition coefficient (Wildman–Crippen LogP) is 1.75. The molecule has 0 bridgehead atoms. The van der Waals surface area contributed by atoms with E-state index in [-0.39, 0.29) is 22.6 Å². The van der Waals surface area contributed by atoms with Crippen molar-refractivity contribution in [2.45, 2.75) is 32.9 Å². The average Bonchev–Trinajstić information content (AvgIpc) is 2.63. The first-order valence-corrected chi connectivity index (χ1v) is 8.16. The van der Waals surface area contributed by atoms with Gasteiger partial charge in [0.1, 0.15) is 0 Å². The lowest BCUT2D eigenvalue weighted by Gasteiger charge is -2.13. The maximum atomic E-state index is 12.2. The van der Waals surface area contributed by atoms with Crippen molar-refractivity contribution in [2.24, 2.45) is 0 Å². The van der Waals surface area contributed by atoms with Crippen molar-refractivity contribution in [3.05, 3.63) is 62.6 Å². The molecule has 0 aliphatic rings. The first kappa shape index (κ1) is 19.8. The van der Waals surface area contributed by atoms with Crippen molar-refractivity contribution in [2.75, 3.05) is 5.32 Å². The van der Waals surface area contributed by atoms with Crippen LogP contribution in [0.15, 0.2) is 41.2 Å². The van der Waals surface area contributed by atoms with Crippen LogP contribution in [-0.4, -0.2) is 32.7 Å². The second-order valence-corrected chi connectivity index (χ2v) is 5.62. The van der Waals surface area contributed by atoms with Gasteiger partial charge in [-0.3, -0.25) is 19.7 Å². The van der Waals surface area contributed by atoms with Crippen LogP contribution < -0.4 is 10.9 Å². The zero-order valence-electron chi connectivity index (χ0n) is 14.7. The highest BCUT2D eigenvalue weighted by molar-refractivity contribution is 5.96. The van der Waals surface area contributed by atoms with Crippen LogP contribution in [0, 0.1) is 10.1 Å². The molecule has 10 heteroatoms. The first-order chi connectivity index (χ1) is 12.8. The summed E-state index contributed by atoms with van der Waals surface area (Å²) in [6, 6.07) is 7.80. The number of non-ortho nitro benzene ring substituents is 1. The van der Waals surface area contributed by atoms with Crippen molar-refractivity contribution >= 4 is 23.3 Å². The third-order valence-corrected chi connectivity index (χ3v) is 3.49. The number of amides is 1. The lowest BCUT2D eigenvalue weighted by Crippen LogP contribution is -2.31. The van der Waals surface area contributed by atoms with Gasteiger partial charge in [0, 0.05) is 30.4 Å². The minimum atomic E-state index is -1.18. The molecule has 1 N–H and O–H groups in total. The summed E-state index contributed by atoms with van der Waals surface area (Å²) in [5, 5.41) is 17.1. The number of aryl methyl sites for hydroxylation is 1. The number of nitro groups is 1. The number of rotatable bonds is 7. The lowest BCUT2D eigenvalue weighted by atomic mass is 10.2. The molecule has 1 atom stereocenters. The Morgan fingerprint density at radius 3 is 2.74 bits per heavy atom. The Labute approximate surface area is 153 Å². The molecule has 1 unspecified atom stereocenters. The number of esters is 1. The van der Waals surface area contributed by atoms with Gasteiger partial charge in [0.2, 0.25) is 0 Å². The number of aromatic nitrogens is 2. The van der Waals surface area contributed by atoms with Crippen molar-refractivity contribution < 1.29 is 19.2 Å². The fourth-order valence-corrected chi connectivity index (χ4v) is 2.15. The van der Waals surface area contributed by atoms with Crippen LogP contribution in [0.3, 0.4) is 0 Å². The summed E-state index contributed by atoms with van der Waals surface area (Å²) < 4.78 is 6.20. The number of nitro benzene ring substituents is 1. The number of carbonyl (C=O) groups is 2. The maximum absolute atomic E-state index is 12.2. The molecular formula is C17H18N4O6. The number of carbonyl (C=O) groups excluding carboxylic acids is 2. The molecule has 0 saturated heterocycles. The molecule has 0 aliphatic heterocycles. The van der Waals surface area contributed by atoms with Gasteiger partial charge in [-0.05, 0) is 25.5 Å². The average molecular weight is 374 g/mol. The molecule has 1 amide bonds. The van der Waals surface area contributed by atoms with Crippen LogP contribution in [0.1, 0.15) is 30.8 Å². The van der Waals surface area contributed by atoms with E-state index >= 15 is 0 Å². The molecule has 1 aromatic heterocycles. The summed E-state index contributed by atoms with van der Waals surface area (Å²) in [4.78, 5) is 46.1. The number of nitrogens with one attached hydrogen (secondary N) is 1. The van der Waals surface area contributed by atoms with Crippen LogP contribution in [0.5, 0.6) is 0 Å². The van der Waals surface area contributed by atoms with Crippen LogP contribution in [0.2, 0.25) is 0 Å². The van der Waals surface area contributed by atoms with Gasteiger partial charge in [0.15, 0.2) is 11.8 Å². The van der Waals surface area contributed by atoms with E-state index in [1.54, 1.807) is 0 Å². The molecule has 0 spiro atoms. The van der Waals surface area contributed by atoms with E-state index in [1.165, 1.54) is 43.3 Å². The van der Waals surface area contributed by atoms with Gasteiger partial charge in [0.05, 0.1) is 4.92 Å². The molecular weight excluding hydrogens is 356 g/mol.